The van der Waals surface area contributed by atoms with E-state index in [1.54, 1.807) is 0 Å². The summed E-state index contributed by atoms with van der Waals surface area (Å²) in [6.07, 6.45) is 11.5. The Kier molecular flexibility index (Phi) is 4.76. The van der Waals surface area contributed by atoms with E-state index in [0.717, 1.165) is 74.8 Å². The van der Waals surface area contributed by atoms with Gasteiger partial charge in [0.1, 0.15) is 23.5 Å². The predicted octanol–water partition coefficient (Wildman–Crippen LogP) is 3.53. The molecule has 1 atom stereocenters. The number of anilines is 1. The summed E-state index contributed by atoms with van der Waals surface area (Å²) in [5.41, 5.74) is 3.22. The average Bonchev–Trinajstić information content (AvgIpc) is 3.01. The normalized spacial score (nSPS) is 22.1. The van der Waals surface area contributed by atoms with Crippen LogP contribution in [0.5, 0.6) is 0 Å². The van der Waals surface area contributed by atoms with Crippen LogP contribution in [0.15, 0.2) is 6.07 Å². The largest absolute Gasteiger partial charge is 0.355 e. The van der Waals surface area contributed by atoms with Crippen molar-refractivity contribution in [3.05, 3.63) is 34.5 Å². The minimum atomic E-state index is 0.373. The topological polar surface area (TPSA) is 70.6 Å². The lowest BCUT2D eigenvalue weighted by molar-refractivity contribution is 0.463. The van der Waals surface area contributed by atoms with Crippen molar-refractivity contribution in [2.45, 2.75) is 76.7 Å². The molecule has 6 heteroatoms. The molecule has 2 aromatic heterocycles. The van der Waals surface area contributed by atoms with E-state index < -0.39 is 0 Å². The highest BCUT2D eigenvalue weighted by Gasteiger charge is 2.29. The van der Waals surface area contributed by atoms with Crippen molar-refractivity contribution in [1.82, 2.24) is 19.7 Å². The molecule has 0 aromatic carbocycles. The van der Waals surface area contributed by atoms with Gasteiger partial charge in [-0.05, 0) is 63.0 Å². The van der Waals surface area contributed by atoms with Gasteiger partial charge in [-0.2, -0.15) is 5.26 Å². The average molecular weight is 377 g/mol. The van der Waals surface area contributed by atoms with Gasteiger partial charge in [-0.1, -0.05) is 6.42 Å². The highest BCUT2D eigenvalue weighted by Crippen LogP contribution is 2.33. The van der Waals surface area contributed by atoms with Gasteiger partial charge in [-0.3, -0.25) is 0 Å². The van der Waals surface area contributed by atoms with Crippen LogP contribution >= 0.6 is 0 Å². The number of nitriles is 1. The van der Waals surface area contributed by atoms with E-state index in [-0.39, 0.29) is 0 Å². The molecule has 146 valence electrons. The molecule has 2 aromatic rings. The van der Waals surface area contributed by atoms with Crippen LogP contribution in [0.1, 0.15) is 79.3 Å². The fraction of sp³-hybridized carbons (Fsp3) is 0.636. The monoisotopic (exact) mass is 376 g/mol. The van der Waals surface area contributed by atoms with Gasteiger partial charge in [0.2, 0.25) is 0 Å². The van der Waals surface area contributed by atoms with Crippen LogP contribution in [-0.4, -0.2) is 32.8 Å². The molecule has 0 amide bonds. The Balaban J connectivity index is 1.44. The Morgan fingerprint density at radius 2 is 1.86 bits per heavy atom. The summed E-state index contributed by atoms with van der Waals surface area (Å²) in [5, 5.41) is 18.9. The van der Waals surface area contributed by atoms with Gasteiger partial charge in [-0.15, -0.1) is 10.2 Å². The predicted molar refractivity (Wildman–Crippen MR) is 107 cm³/mol. The summed E-state index contributed by atoms with van der Waals surface area (Å²) in [4.78, 5) is 7.32. The number of hydrogen-bond acceptors (Lipinski definition) is 5. The van der Waals surface area contributed by atoms with E-state index >= 15 is 0 Å². The van der Waals surface area contributed by atoms with E-state index in [1.165, 1.54) is 43.4 Å². The Hall–Kier alpha value is -2.42. The van der Waals surface area contributed by atoms with Crippen molar-refractivity contribution < 1.29 is 0 Å². The zero-order chi connectivity index (χ0) is 18.9. The van der Waals surface area contributed by atoms with Crippen molar-refractivity contribution in [1.29, 1.82) is 5.26 Å². The van der Waals surface area contributed by atoms with E-state index in [9.17, 15) is 5.26 Å². The summed E-state index contributed by atoms with van der Waals surface area (Å²) in [7, 11) is 0. The Bertz CT molecular complexity index is 908. The Morgan fingerprint density at radius 1 is 0.964 bits per heavy atom. The SMILES string of the molecule is N#Cc1cc2c(nc1N1CCC[C@H](c3nnc4n3CCCCC4)C1)CCCC2. The first-order chi connectivity index (χ1) is 13.8. The van der Waals surface area contributed by atoms with Crippen molar-refractivity contribution in [3.8, 4) is 6.07 Å². The molecular formula is C22H28N6. The first-order valence-corrected chi connectivity index (χ1v) is 10.9. The Labute approximate surface area is 166 Å². The third-order valence-corrected chi connectivity index (χ3v) is 6.63. The fourth-order valence-electron chi connectivity index (χ4n) is 5.14. The van der Waals surface area contributed by atoms with Gasteiger partial charge in [0.15, 0.2) is 0 Å². The van der Waals surface area contributed by atoms with Crippen molar-refractivity contribution in [3.63, 3.8) is 0 Å². The maximum atomic E-state index is 9.75. The molecule has 3 aliphatic rings. The molecule has 0 spiro atoms. The molecule has 1 saturated heterocycles. The summed E-state index contributed by atoms with van der Waals surface area (Å²) in [6, 6.07) is 4.51. The van der Waals surface area contributed by atoms with Crippen LogP contribution in [0.25, 0.3) is 0 Å². The van der Waals surface area contributed by atoms with Gasteiger partial charge >= 0.3 is 0 Å². The maximum absolute atomic E-state index is 9.75. The molecule has 0 N–H and O–H groups in total. The molecule has 28 heavy (non-hydrogen) atoms. The van der Waals surface area contributed by atoms with Gasteiger partial charge in [0.25, 0.3) is 0 Å². The lowest BCUT2D eigenvalue weighted by Crippen LogP contribution is -2.37. The number of hydrogen-bond donors (Lipinski definition) is 0. The fourth-order valence-corrected chi connectivity index (χ4v) is 5.14. The van der Waals surface area contributed by atoms with E-state index in [4.69, 9.17) is 4.98 Å². The molecule has 4 heterocycles. The number of rotatable bonds is 2. The van der Waals surface area contributed by atoms with Gasteiger partial charge < -0.3 is 9.47 Å². The smallest absolute Gasteiger partial charge is 0.146 e. The lowest BCUT2D eigenvalue weighted by atomic mass is 9.93. The second-order valence-electron chi connectivity index (χ2n) is 8.51. The van der Waals surface area contributed by atoms with Crippen LogP contribution in [0.4, 0.5) is 5.82 Å². The molecule has 1 fully saturated rings. The number of fused-ring (bicyclic) bond motifs is 2. The summed E-state index contributed by atoms with van der Waals surface area (Å²) >= 11 is 0. The van der Waals surface area contributed by atoms with Crippen molar-refractivity contribution in [2.75, 3.05) is 18.0 Å². The maximum Gasteiger partial charge on any atom is 0.146 e. The summed E-state index contributed by atoms with van der Waals surface area (Å²) in [5.74, 6) is 3.58. The molecule has 0 unspecified atom stereocenters. The number of pyridine rings is 1. The van der Waals surface area contributed by atoms with Crippen LogP contribution < -0.4 is 4.90 Å². The van der Waals surface area contributed by atoms with Gasteiger partial charge in [0, 0.05) is 37.7 Å². The van der Waals surface area contributed by atoms with Crippen LogP contribution in [0.3, 0.4) is 0 Å². The molecule has 5 rings (SSSR count). The molecule has 2 aliphatic heterocycles. The Morgan fingerprint density at radius 3 is 2.79 bits per heavy atom. The molecular weight excluding hydrogens is 348 g/mol. The molecule has 0 saturated carbocycles. The first-order valence-electron chi connectivity index (χ1n) is 10.9. The lowest BCUT2D eigenvalue weighted by Gasteiger charge is -2.34. The molecule has 0 radical (unpaired) electrons. The van der Waals surface area contributed by atoms with Gasteiger partial charge in [0.05, 0.1) is 5.56 Å². The zero-order valence-corrected chi connectivity index (χ0v) is 16.5. The third kappa shape index (κ3) is 3.17. The van der Waals surface area contributed by atoms with E-state index in [2.05, 4.69) is 31.8 Å². The number of aromatic nitrogens is 4. The second kappa shape index (κ2) is 7.54. The zero-order valence-electron chi connectivity index (χ0n) is 16.5. The van der Waals surface area contributed by atoms with Gasteiger partial charge in [-0.25, -0.2) is 4.98 Å². The minimum Gasteiger partial charge on any atom is -0.355 e. The van der Waals surface area contributed by atoms with Crippen LogP contribution in [0, 0.1) is 11.3 Å². The van der Waals surface area contributed by atoms with Crippen LogP contribution in [0.2, 0.25) is 0 Å². The van der Waals surface area contributed by atoms with Crippen molar-refractivity contribution >= 4 is 5.82 Å². The highest BCUT2D eigenvalue weighted by molar-refractivity contribution is 5.57. The van der Waals surface area contributed by atoms with Crippen LogP contribution in [-0.2, 0) is 25.8 Å². The molecule has 1 aliphatic carbocycles. The minimum absolute atomic E-state index is 0.373. The van der Waals surface area contributed by atoms with E-state index in [1.807, 2.05) is 0 Å². The molecule has 6 nitrogen and oxygen atoms in total. The standard InChI is InChI=1S/C22H28N6/c23-14-18-13-16-7-3-4-9-19(16)24-21(18)27-11-6-8-17(15-27)22-26-25-20-10-2-1-5-12-28(20)22/h13,17H,1-12,15H2/t17-/m0/s1. The second-order valence-corrected chi connectivity index (χ2v) is 8.51. The highest BCUT2D eigenvalue weighted by atomic mass is 15.3. The van der Waals surface area contributed by atoms with Crippen molar-refractivity contribution in [2.24, 2.45) is 0 Å². The summed E-state index contributed by atoms with van der Waals surface area (Å²) < 4.78 is 2.38. The summed E-state index contributed by atoms with van der Waals surface area (Å²) in [6.45, 7) is 2.91. The quantitative estimate of drug-likeness (QED) is 0.802. The number of piperidine rings is 1. The molecule has 0 bridgehead atoms. The van der Waals surface area contributed by atoms with E-state index in [0.29, 0.717) is 5.92 Å². The number of nitrogens with zero attached hydrogens (tertiary/aromatic N) is 6. The first kappa shape index (κ1) is 17.7. The number of aryl methyl sites for hydroxylation is 3. The third-order valence-electron chi connectivity index (χ3n) is 6.63.